The number of hydrogen-bond donors (Lipinski definition) is 1. The quantitative estimate of drug-likeness (QED) is 0.826. The zero-order valence-corrected chi connectivity index (χ0v) is 12.8. The molecule has 3 rings (SSSR count). The van der Waals surface area contributed by atoms with Crippen molar-refractivity contribution in [3.05, 3.63) is 79.2 Å². The third-order valence-corrected chi connectivity index (χ3v) is 3.90. The average Bonchev–Trinajstić information content (AvgIpc) is 3.37. The maximum atomic E-state index is 4.82. The van der Waals surface area contributed by atoms with Crippen LogP contribution in [-0.2, 0) is 0 Å². The molecule has 0 amide bonds. The fourth-order valence-corrected chi connectivity index (χ4v) is 2.62. The smallest absolute Gasteiger partial charge is 0.0973 e. The van der Waals surface area contributed by atoms with Gasteiger partial charge < -0.3 is 5.43 Å². The van der Waals surface area contributed by atoms with Gasteiger partial charge in [0.25, 0.3) is 0 Å². The van der Waals surface area contributed by atoms with Crippen molar-refractivity contribution in [2.24, 2.45) is 10.9 Å². The van der Waals surface area contributed by atoms with Crippen molar-refractivity contribution < 1.29 is 0 Å². The van der Waals surface area contributed by atoms with E-state index in [4.69, 9.17) is 4.99 Å². The summed E-state index contributed by atoms with van der Waals surface area (Å²) in [5, 5.41) is 2.01. The number of allylic oxidation sites excluding steroid dienone is 3. The van der Waals surface area contributed by atoms with Gasteiger partial charge in [-0.15, -0.1) is 6.58 Å². The molecule has 0 radical (unpaired) electrons. The molecule has 1 aromatic carbocycles. The minimum absolute atomic E-state index is 0.578. The molecular formula is C19H21N3. The van der Waals surface area contributed by atoms with Crippen LogP contribution in [-0.4, -0.2) is 17.3 Å². The predicted molar refractivity (Wildman–Crippen MR) is 92.7 cm³/mol. The molecule has 0 spiro atoms. The molecule has 1 fully saturated rings. The summed E-state index contributed by atoms with van der Waals surface area (Å²) in [6.45, 7) is 12.7. The van der Waals surface area contributed by atoms with Gasteiger partial charge in [0, 0.05) is 17.2 Å². The van der Waals surface area contributed by atoms with Crippen molar-refractivity contribution in [3.63, 3.8) is 0 Å². The number of hydrazine groups is 1. The highest BCUT2D eigenvalue weighted by Crippen LogP contribution is 2.40. The third kappa shape index (κ3) is 2.75. The molecule has 112 valence electrons. The monoisotopic (exact) mass is 291 g/mol. The second-order valence-electron chi connectivity index (χ2n) is 5.56. The van der Waals surface area contributed by atoms with Gasteiger partial charge in [-0.3, -0.25) is 5.01 Å². The molecule has 1 aromatic rings. The van der Waals surface area contributed by atoms with Crippen LogP contribution in [0, 0.1) is 5.92 Å². The summed E-state index contributed by atoms with van der Waals surface area (Å²) in [4.78, 5) is 4.82. The summed E-state index contributed by atoms with van der Waals surface area (Å²) in [6.07, 6.45) is 6.18. The van der Waals surface area contributed by atoms with Crippen molar-refractivity contribution in [3.8, 4) is 0 Å². The number of nitrogens with zero attached hydrogens (tertiary/aromatic N) is 2. The Hall–Kier alpha value is -2.55. The van der Waals surface area contributed by atoms with Crippen LogP contribution < -0.4 is 5.43 Å². The van der Waals surface area contributed by atoms with Crippen molar-refractivity contribution in [1.29, 1.82) is 0 Å². The molecule has 0 aromatic heterocycles. The van der Waals surface area contributed by atoms with Gasteiger partial charge in [0.2, 0.25) is 0 Å². The summed E-state index contributed by atoms with van der Waals surface area (Å²) in [5.41, 5.74) is 8.41. The van der Waals surface area contributed by atoms with E-state index in [1.165, 1.54) is 18.5 Å². The molecule has 1 N–H and O–H groups in total. The fourth-order valence-electron chi connectivity index (χ4n) is 2.62. The first-order valence-electron chi connectivity index (χ1n) is 7.59. The van der Waals surface area contributed by atoms with Crippen LogP contribution in [0.4, 0.5) is 5.69 Å². The molecule has 22 heavy (non-hydrogen) atoms. The third-order valence-electron chi connectivity index (χ3n) is 3.90. The Labute approximate surface area is 132 Å². The Morgan fingerprint density at radius 1 is 1.23 bits per heavy atom. The van der Waals surface area contributed by atoms with E-state index in [0.717, 1.165) is 22.7 Å². The van der Waals surface area contributed by atoms with Crippen LogP contribution >= 0.6 is 0 Å². The Bertz CT molecular complexity index is 663. The number of nitrogens with one attached hydrogen (secondary N) is 1. The summed E-state index contributed by atoms with van der Waals surface area (Å²) in [6, 6.07) is 9.97. The first-order chi connectivity index (χ1) is 10.7. The van der Waals surface area contributed by atoms with Crippen LogP contribution in [0.15, 0.2) is 84.2 Å². The first-order valence-corrected chi connectivity index (χ1v) is 7.59. The second kappa shape index (κ2) is 6.06. The second-order valence-corrected chi connectivity index (χ2v) is 5.56. The predicted octanol–water partition coefficient (Wildman–Crippen LogP) is 4.13. The van der Waals surface area contributed by atoms with Gasteiger partial charge in [-0.1, -0.05) is 43.5 Å². The molecular weight excluding hydrogens is 270 g/mol. The highest BCUT2D eigenvalue weighted by molar-refractivity contribution is 6.15. The van der Waals surface area contributed by atoms with E-state index >= 15 is 0 Å². The summed E-state index contributed by atoms with van der Waals surface area (Å²) < 4.78 is 0. The van der Waals surface area contributed by atoms with Crippen LogP contribution in [0.25, 0.3) is 0 Å². The van der Waals surface area contributed by atoms with Gasteiger partial charge in [-0.05, 0) is 25.0 Å². The molecule has 1 saturated carbocycles. The molecule has 3 nitrogen and oxygen atoms in total. The maximum absolute atomic E-state index is 4.82. The number of para-hydroxylation sites is 1. The number of rotatable bonds is 5. The van der Waals surface area contributed by atoms with Gasteiger partial charge in [-0.2, -0.15) is 0 Å². The van der Waals surface area contributed by atoms with Crippen LogP contribution in [0.1, 0.15) is 12.8 Å². The lowest BCUT2D eigenvalue weighted by Gasteiger charge is -2.35. The maximum Gasteiger partial charge on any atom is 0.0973 e. The zero-order chi connectivity index (χ0) is 15.5. The van der Waals surface area contributed by atoms with E-state index < -0.39 is 0 Å². The van der Waals surface area contributed by atoms with Gasteiger partial charge >= 0.3 is 0 Å². The minimum atomic E-state index is 0.578. The standard InChI is InChI=1S/C19H21N3/c1-4-13-22-14(3)18(20-16-9-7-6-8-10-16)17(5-2)19(21-22)15-11-12-15/h4-10,15,21H,1-3,11-13H2. The lowest BCUT2D eigenvalue weighted by Crippen LogP contribution is -2.44. The number of benzene rings is 1. The van der Waals surface area contributed by atoms with Crippen LogP contribution in [0.2, 0.25) is 0 Å². The van der Waals surface area contributed by atoms with E-state index in [0.29, 0.717) is 12.5 Å². The molecule has 1 aliphatic carbocycles. The minimum Gasteiger partial charge on any atom is -0.301 e. The highest BCUT2D eigenvalue weighted by Gasteiger charge is 2.34. The van der Waals surface area contributed by atoms with E-state index in [1.54, 1.807) is 0 Å². The Morgan fingerprint density at radius 3 is 2.55 bits per heavy atom. The van der Waals surface area contributed by atoms with Gasteiger partial charge in [0.1, 0.15) is 0 Å². The van der Waals surface area contributed by atoms with Gasteiger partial charge in [-0.25, -0.2) is 4.99 Å². The molecule has 0 atom stereocenters. The van der Waals surface area contributed by atoms with Crippen LogP contribution in [0.5, 0.6) is 0 Å². The number of aliphatic imine (C=N–C) groups is 1. The lowest BCUT2D eigenvalue weighted by atomic mass is 10.0. The van der Waals surface area contributed by atoms with E-state index in [9.17, 15) is 0 Å². The molecule has 1 aliphatic heterocycles. The van der Waals surface area contributed by atoms with Gasteiger partial charge in [0.05, 0.1) is 23.6 Å². The highest BCUT2D eigenvalue weighted by atomic mass is 15.5. The Kier molecular flexibility index (Phi) is 3.96. The first kappa shape index (κ1) is 14.4. The fraction of sp³-hybridized carbons (Fsp3) is 0.211. The topological polar surface area (TPSA) is 27.6 Å². The molecule has 0 bridgehead atoms. The average molecular weight is 291 g/mol. The summed E-state index contributed by atoms with van der Waals surface area (Å²) in [5.74, 6) is 0.578. The van der Waals surface area contributed by atoms with Crippen molar-refractivity contribution >= 4 is 11.4 Å². The van der Waals surface area contributed by atoms with Crippen LogP contribution in [0.3, 0.4) is 0 Å². The van der Waals surface area contributed by atoms with Crippen molar-refractivity contribution in [1.82, 2.24) is 10.4 Å². The Morgan fingerprint density at radius 2 is 1.95 bits per heavy atom. The molecule has 0 unspecified atom stereocenters. The number of hydrogen-bond acceptors (Lipinski definition) is 3. The van der Waals surface area contributed by atoms with E-state index in [1.807, 2.05) is 47.5 Å². The normalized spacial score (nSPS) is 20.1. The van der Waals surface area contributed by atoms with E-state index in [2.05, 4.69) is 25.2 Å². The largest absolute Gasteiger partial charge is 0.301 e. The van der Waals surface area contributed by atoms with Gasteiger partial charge in [0.15, 0.2) is 0 Å². The summed E-state index contributed by atoms with van der Waals surface area (Å²) >= 11 is 0. The molecule has 0 saturated heterocycles. The lowest BCUT2D eigenvalue weighted by molar-refractivity contribution is 0.306. The van der Waals surface area contributed by atoms with Crippen molar-refractivity contribution in [2.75, 3.05) is 6.54 Å². The van der Waals surface area contributed by atoms with E-state index in [-0.39, 0.29) is 0 Å². The van der Waals surface area contributed by atoms with Crippen molar-refractivity contribution in [2.45, 2.75) is 12.8 Å². The summed E-state index contributed by atoms with van der Waals surface area (Å²) in [7, 11) is 0. The SMILES string of the molecule is C=CCN1NC(C2CC2)=C(C=C)C(=Nc2ccccc2)C1=C. The zero-order valence-electron chi connectivity index (χ0n) is 12.8. The Balaban J connectivity index is 2.08. The molecule has 1 heterocycles. The molecule has 2 aliphatic rings. The molecule has 3 heteroatoms.